The minimum absolute atomic E-state index is 0.157. The summed E-state index contributed by atoms with van der Waals surface area (Å²) in [5.41, 5.74) is 0.359. The first kappa shape index (κ1) is 10.1. The molecule has 0 aromatic carbocycles. The largest absolute Gasteiger partial charge is 0.327 e. The van der Waals surface area contributed by atoms with Crippen LogP contribution in [0.2, 0.25) is 0 Å². The van der Waals surface area contributed by atoms with E-state index >= 15 is 0 Å². The molecular weight excluding hydrogens is 180 g/mol. The van der Waals surface area contributed by atoms with Gasteiger partial charge < -0.3 is 10.3 Å². The summed E-state index contributed by atoms with van der Waals surface area (Å²) in [6.07, 6.45) is 7.15. The van der Waals surface area contributed by atoms with Gasteiger partial charge in [0.2, 0.25) is 11.5 Å². The highest BCUT2D eigenvalue weighted by atomic mass is 16.1. The van der Waals surface area contributed by atoms with Gasteiger partial charge in [0.15, 0.2) is 0 Å². The van der Waals surface area contributed by atoms with Crippen molar-refractivity contribution >= 4 is 11.6 Å². The summed E-state index contributed by atoms with van der Waals surface area (Å²) >= 11 is 0. The van der Waals surface area contributed by atoms with Crippen molar-refractivity contribution in [2.75, 3.05) is 5.32 Å². The molecule has 0 saturated heterocycles. The fourth-order valence-corrected chi connectivity index (χ4v) is 0.898. The number of amides is 1. The molecule has 14 heavy (non-hydrogen) atoms. The van der Waals surface area contributed by atoms with E-state index in [0.29, 0.717) is 12.1 Å². The predicted octanol–water partition coefficient (Wildman–Crippen LogP) is 0.727. The molecule has 1 amide bonds. The van der Waals surface area contributed by atoms with Crippen LogP contribution >= 0.6 is 0 Å². The van der Waals surface area contributed by atoms with Gasteiger partial charge in [0.25, 0.3) is 0 Å². The lowest BCUT2D eigenvalue weighted by Gasteiger charge is -2.01. The maximum Gasteiger partial charge on any atom is 0.248 e. The number of anilines is 1. The topological polar surface area (TPSA) is 62.0 Å². The molecule has 0 saturated carbocycles. The second-order valence-electron chi connectivity index (χ2n) is 2.69. The minimum atomic E-state index is -0.202. The molecule has 1 aromatic heterocycles. The lowest BCUT2D eigenvalue weighted by Crippen LogP contribution is -2.12. The molecular formula is C10H10N2O2. The van der Waals surface area contributed by atoms with E-state index in [4.69, 9.17) is 6.42 Å². The van der Waals surface area contributed by atoms with E-state index in [2.05, 4.69) is 16.2 Å². The SMILES string of the molecule is C#CCCC(=O)Nc1ccc(=O)[nH]c1. The zero-order chi connectivity index (χ0) is 10.4. The first-order valence-electron chi connectivity index (χ1n) is 4.14. The molecule has 0 aliphatic rings. The number of carbonyl (C=O) groups is 1. The lowest BCUT2D eigenvalue weighted by atomic mass is 10.3. The Morgan fingerprint density at radius 3 is 2.93 bits per heavy atom. The van der Waals surface area contributed by atoms with E-state index in [1.165, 1.54) is 18.3 Å². The summed E-state index contributed by atoms with van der Waals surface area (Å²) in [4.78, 5) is 24.3. The van der Waals surface area contributed by atoms with Crippen molar-refractivity contribution in [2.45, 2.75) is 12.8 Å². The van der Waals surface area contributed by atoms with Crippen LogP contribution in [0.25, 0.3) is 0 Å². The van der Waals surface area contributed by atoms with Crippen molar-refractivity contribution in [3.8, 4) is 12.3 Å². The number of nitrogens with one attached hydrogen (secondary N) is 2. The molecule has 1 heterocycles. The number of terminal acetylenes is 1. The highest BCUT2D eigenvalue weighted by Gasteiger charge is 2.00. The van der Waals surface area contributed by atoms with Crippen molar-refractivity contribution in [2.24, 2.45) is 0 Å². The van der Waals surface area contributed by atoms with Crippen LogP contribution in [0.5, 0.6) is 0 Å². The van der Waals surface area contributed by atoms with Gasteiger partial charge in [-0.05, 0) is 6.07 Å². The van der Waals surface area contributed by atoms with E-state index in [1.807, 2.05) is 0 Å². The molecule has 1 rings (SSSR count). The number of aromatic amines is 1. The summed E-state index contributed by atoms with van der Waals surface area (Å²) in [6.45, 7) is 0. The molecule has 4 heteroatoms. The van der Waals surface area contributed by atoms with Crippen molar-refractivity contribution in [3.63, 3.8) is 0 Å². The fraction of sp³-hybridized carbons (Fsp3) is 0.200. The third kappa shape index (κ3) is 3.15. The van der Waals surface area contributed by atoms with E-state index in [0.717, 1.165) is 0 Å². The Labute approximate surface area is 81.3 Å². The summed E-state index contributed by atoms with van der Waals surface area (Å²) in [6, 6.07) is 2.88. The maximum atomic E-state index is 11.2. The highest BCUT2D eigenvalue weighted by molar-refractivity contribution is 5.90. The fourth-order valence-electron chi connectivity index (χ4n) is 0.898. The molecule has 0 atom stereocenters. The Bertz CT molecular complexity index is 394. The maximum absolute atomic E-state index is 11.2. The molecule has 0 aliphatic heterocycles. The average molecular weight is 190 g/mol. The smallest absolute Gasteiger partial charge is 0.248 e. The lowest BCUT2D eigenvalue weighted by molar-refractivity contribution is -0.116. The average Bonchev–Trinajstić information content (AvgIpc) is 2.18. The number of hydrogen-bond donors (Lipinski definition) is 2. The van der Waals surface area contributed by atoms with Gasteiger partial charge in [0.05, 0.1) is 5.69 Å². The Balaban J connectivity index is 2.53. The van der Waals surface area contributed by atoms with Crippen molar-refractivity contribution in [1.82, 2.24) is 4.98 Å². The zero-order valence-corrected chi connectivity index (χ0v) is 7.54. The second-order valence-corrected chi connectivity index (χ2v) is 2.69. The first-order valence-corrected chi connectivity index (χ1v) is 4.14. The molecule has 1 aromatic rings. The number of rotatable bonds is 3. The van der Waals surface area contributed by atoms with Crippen molar-refractivity contribution in [1.29, 1.82) is 0 Å². The van der Waals surface area contributed by atoms with E-state index < -0.39 is 0 Å². The van der Waals surface area contributed by atoms with E-state index in [1.54, 1.807) is 0 Å². The van der Waals surface area contributed by atoms with E-state index in [-0.39, 0.29) is 17.9 Å². The van der Waals surface area contributed by atoms with Gasteiger partial charge in [-0.15, -0.1) is 12.3 Å². The second kappa shape index (κ2) is 4.87. The number of H-pyrrole nitrogens is 1. The zero-order valence-electron chi connectivity index (χ0n) is 7.54. The molecule has 0 radical (unpaired) electrons. The van der Waals surface area contributed by atoms with Crippen LogP contribution in [-0.4, -0.2) is 10.9 Å². The number of carbonyl (C=O) groups excluding carboxylic acids is 1. The molecule has 4 nitrogen and oxygen atoms in total. The number of aromatic nitrogens is 1. The summed E-state index contributed by atoms with van der Waals surface area (Å²) in [5.74, 6) is 2.22. The van der Waals surface area contributed by atoms with Crippen LogP contribution in [0, 0.1) is 12.3 Å². The van der Waals surface area contributed by atoms with Crippen molar-refractivity contribution < 1.29 is 4.79 Å². The molecule has 0 fully saturated rings. The van der Waals surface area contributed by atoms with Crippen molar-refractivity contribution in [3.05, 3.63) is 28.7 Å². The summed E-state index contributed by atoms with van der Waals surface area (Å²) in [5, 5.41) is 2.60. The van der Waals surface area contributed by atoms with Crippen LogP contribution in [0.1, 0.15) is 12.8 Å². The molecule has 72 valence electrons. The first-order chi connectivity index (χ1) is 6.72. The van der Waals surface area contributed by atoms with Gasteiger partial charge in [-0.3, -0.25) is 9.59 Å². The standard InChI is InChI=1S/C10H10N2O2/c1-2-3-4-10(14)12-8-5-6-9(13)11-7-8/h1,5-7H,3-4H2,(H,11,13)(H,12,14). The van der Waals surface area contributed by atoms with E-state index in [9.17, 15) is 9.59 Å². The Morgan fingerprint density at radius 1 is 1.57 bits per heavy atom. The molecule has 0 spiro atoms. The molecule has 0 unspecified atom stereocenters. The molecule has 0 aliphatic carbocycles. The Hall–Kier alpha value is -2.02. The molecule has 0 bridgehead atoms. The molecule has 2 N–H and O–H groups in total. The quantitative estimate of drug-likeness (QED) is 0.690. The van der Waals surface area contributed by atoms with Gasteiger partial charge >= 0.3 is 0 Å². The van der Waals surface area contributed by atoms with Crippen LogP contribution in [0.15, 0.2) is 23.1 Å². The minimum Gasteiger partial charge on any atom is -0.327 e. The highest BCUT2D eigenvalue weighted by Crippen LogP contribution is 2.01. The van der Waals surface area contributed by atoms with Crippen LogP contribution in [-0.2, 0) is 4.79 Å². The van der Waals surface area contributed by atoms with Gasteiger partial charge in [-0.1, -0.05) is 0 Å². The monoisotopic (exact) mass is 190 g/mol. The van der Waals surface area contributed by atoms with Gasteiger partial charge in [-0.2, -0.15) is 0 Å². The van der Waals surface area contributed by atoms with Crippen LogP contribution in [0.4, 0.5) is 5.69 Å². The van der Waals surface area contributed by atoms with Crippen LogP contribution in [0.3, 0.4) is 0 Å². The van der Waals surface area contributed by atoms with Crippen LogP contribution < -0.4 is 10.9 Å². The Kier molecular flexibility index (Phi) is 3.50. The predicted molar refractivity (Wildman–Crippen MR) is 53.8 cm³/mol. The van der Waals surface area contributed by atoms with Gasteiger partial charge in [0, 0.05) is 25.1 Å². The van der Waals surface area contributed by atoms with Gasteiger partial charge in [0.1, 0.15) is 0 Å². The third-order valence-corrected chi connectivity index (χ3v) is 1.56. The normalized spacial score (nSPS) is 9.07. The Morgan fingerprint density at radius 2 is 2.36 bits per heavy atom. The number of hydrogen-bond acceptors (Lipinski definition) is 2. The van der Waals surface area contributed by atoms with Gasteiger partial charge in [-0.25, -0.2) is 0 Å². The summed E-state index contributed by atoms with van der Waals surface area (Å²) in [7, 11) is 0. The summed E-state index contributed by atoms with van der Waals surface area (Å²) < 4.78 is 0. The number of pyridine rings is 1. The third-order valence-electron chi connectivity index (χ3n) is 1.56.